The number of rotatable bonds is 3. The topological polar surface area (TPSA) is 82.2 Å². The summed E-state index contributed by atoms with van der Waals surface area (Å²) in [6.07, 6.45) is 8.50. The van der Waals surface area contributed by atoms with Crippen molar-refractivity contribution in [3.8, 4) is 0 Å². The Morgan fingerprint density at radius 2 is 2.04 bits per heavy atom. The average Bonchev–Trinajstić information content (AvgIpc) is 3.37. The van der Waals surface area contributed by atoms with Gasteiger partial charge >= 0.3 is 11.1 Å². The summed E-state index contributed by atoms with van der Waals surface area (Å²) < 4.78 is 9.22. The molecule has 148 valence electrons. The van der Waals surface area contributed by atoms with Crippen LogP contribution in [-0.2, 0) is 24.4 Å². The van der Waals surface area contributed by atoms with E-state index in [-0.39, 0.29) is 12.6 Å². The second kappa shape index (κ2) is 6.93. The van der Waals surface area contributed by atoms with E-state index in [0.717, 1.165) is 57.3 Å². The lowest BCUT2D eigenvalue weighted by Crippen LogP contribution is -2.53. The fourth-order valence-corrected chi connectivity index (χ4v) is 4.83. The molecule has 4 heterocycles. The van der Waals surface area contributed by atoms with Gasteiger partial charge in [-0.05, 0) is 30.9 Å². The van der Waals surface area contributed by atoms with Crippen molar-refractivity contribution < 1.29 is 4.74 Å². The number of aromatic nitrogens is 4. The van der Waals surface area contributed by atoms with Gasteiger partial charge in [-0.15, -0.1) is 0 Å². The molecule has 0 N–H and O–H groups in total. The second-order valence-electron chi connectivity index (χ2n) is 8.29. The molecule has 0 aromatic carbocycles. The lowest BCUT2D eigenvalue weighted by atomic mass is 10.0. The van der Waals surface area contributed by atoms with E-state index in [0.29, 0.717) is 12.4 Å². The maximum Gasteiger partial charge on any atom is 0.332 e. The minimum Gasteiger partial charge on any atom is -0.364 e. The van der Waals surface area contributed by atoms with Crippen molar-refractivity contribution in [1.82, 2.24) is 24.2 Å². The molecule has 2 fully saturated rings. The number of likely N-dealkylation sites (tertiary alicyclic amines) is 1. The van der Waals surface area contributed by atoms with Gasteiger partial charge in [0.15, 0.2) is 5.82 Å². The molecule has 1 saturated carbocycles. The third-order valence-corrected chi connectivity index (χ3v) is 6.32. The summed E-state index contributed by atoms with van der Waals surface area (Å²) in [6.45, 7) is 3.12. The Labute approximate surface area is 162 Å². The highest BCUT2D eigenvalue weighted by Crippen LogP contribution is 2.32. The van der Waals surface area contributed by atoms with Crippen LogP contribution in [0.3, 0.4) is 0 Å². The van der Waals surface area contributed by atoms with Crippen molar-refractivity contribution >= 4 is 0 Å². The van der Waals surface area contributed by atoms with Crippen LogP contribution in [0.1, 0.15) is 49.5 Å². The maximum atomic E-state index is 12.8. The summed E-state index contributed by atoms with van der Waals surface area (Å²) >= 11 is 0. The average molecular weight is 383 g/mol. The molecule has 1 aliphatic carbocycles. The zero-order valence-electron chi connectivity index (χ0n) is 15.9. The zero-order valence-corrected chi connectivity index (χ0v) is 15.9. The standard InChI is InChI=1S/C20H25N5O3/c26-18-19(27)25(16-5-1-2-6-16)22-17-12-28-20(14-24(17)18)7-9-23(13-20)11-15-4-3-8-21-10-15/h3-4,8,10,16H,1-2,5-7,9,11-14H2. The first-order valence-electron chi connectivity index (χ1n) is 10.1. The monoisotopic (exact) mass is 383 g/mol. The van der Waals surface area contributed by atoms with Gasteiger partial charge in [-0.1, -0.05) is 18.9 Å². The molecule has 1 atom stereocenters. The van der Waals surface area contributed by atoms with E-state index >= 15 is 0 Å². The molecule has 2 aromatic rings. The van der Waals surface area contributed by atoms with Gasteiger partial charge in [-0.25, -0.2) is 4.68 Å². The quantitative estimate of drug-likeness (QED) is 0.738. The third-order valence-electron chi connectivity index (χ3n) is 6.32. The molecule has 0 bridgehead atoms. The minimum absolute atomic E-state index is 0.0587. The minimum atomic E-state index is -0.488. The van der Waals surface area contributed by atoms with Crippen LogP contribution in [0.25, 0.3) is 0 Å². The van der Waals surface area contributed by atoms with Crippen LogP contribution < -0.4 is 11.1 Å². The first-order valence-corrected chi connectivity index (χ1v) is 10.1. The molecule has 5 rings (SSSR count). The number of nitrogens with zero attached hydrogens (tertiary/aromatic N) is 5. The normalized spacial score (nSPS) is 25.4. The summed E-state index contributed by atoms with van der Waals surface area (Å²) in [5.41, 5.74) is -0.204. The lowest BCUT2D eigenvalue weighted by Gasteiger charge is -2.35. The van der Waals surface area contributed by atoms with Crippen molar-refractivity contribution in [2.24, 2.45) is 0 Å². The van der Waals surface area contributed by atoms with E-state index in [1.165, 1.54) is 4.68 Å². The van der Waals surface area contributed by atoms with E-state index in [9.17, 15) is 9.59 Å². The van der Waals surface area contributed by atoms with Crippen LogP contribution in [0, 0.1) is 0 Å². The fourth-order valence-electron chi connectivity index (χ4n) is 4.83. The number of ether oxygens (including phenoxy) is 1. The Morgan fingerprint density at radius 1 is 1.18 bits per heavy atom. The number of fused-ring (bicyclic) bond motifs is 1. The van der Waals surface area contributed by atoms with Crippen LogP contribution in [0.5, 0.6) is 0 Å². The van der Waals surface area contributed by atoms with Gasteiger partial charge in [0, 0.05) is 32.0 Å². The molecule has 2 aromatic heterocycles. The van der Waals surface area contributed by atoms with Crippen molar-refractivity contribution in [3.05, 3.63) is 56.6 Å². The van der Waals surface area contributed by atoms with Gasteiger partial charge < -0.3 is 4.74 Å². The van der Waals surface area contributed by atoms with Crippen LogP contribution in [0.4, 0.5) is 0 Å². The predicted octanol–water partition coefficient (Wildman–Crippen LogP) is 1.09. The number of pyridine rings is 1. The highest BCUT2D eigenvalue weighted by atomic mass is 16.5. The van der Waals surface area contributed by atoms with Crippen molar-refractivity contribution in [2.45, 2.75) is 63.4 Å². The lowest BCUT2D eigenvalue weighted by molar-refractivity contribution is -0.0860. The van der Waals surface area contributed by atoms with Crippen LogP contribution in [0.15, 0.2) is 34.1 Å². The molecular formula is C20H25N5O3. The van der Waals surface area contributed by atoms with E-state index in [1.54, 1.807) is 10.8 Å². The van der Waals surface area contributed by atoms with Gasteiger partial charge in [-0.2, -0.15) is 5.10 Å². The smallest absolute Gasteiger partial charge is 0.332 e. The first-order chi connectivity index (χ1) is 13.6. The number of hydrogen-bond donors (Lipinski definition) is 0. The predicted molar refractivity (Wildman–Crippen MR) is 102 cm³/mol. The van der Waals surface area contributed by atoms with Crippen molar-refractivity contribution in [1.29, 1.82) is 0 Å². The molecule has 1 spiro atoms. The molecule has 3 aliphatic rings. The molecule has 8 nitrogen and oxygen atoms in total. The van der Waals surface area contributed by atoms with E-state index < -0.39 is 16.7 Å². The molecule has 0 amide bonds. The Kier molecular flexibility index (Phi) is 4.40. The first kappa shape index (κ1) is 17.8. The van der Waals surface area contributed by atoms with Crippen LogP contribution in [0.2, 0.25) is 0 Å². The summed E-state index contributed by atoms with van der Waals surface area (Å²) in [4.78, 5) is 32.0. The fraction of sp³-hybridized carbons (Fsp3) is 0.600. The molecule has 28 heavy (non-hydrogen) atoms. The summed E-state index contributed by atoms with van der Waals surface area (Å²) in [7, 11) is 0. The summed E-state index contributed by atoms with van der Waals surface area (Å²) in [5.74, 6) is 0.577. The van der Waals surface area contributed by atoms with Crippen LogP contribution in [-0.4, -0.2) is 42.9 Å². The van der Waals surface area contributed by atoms with Gasteiger partial charge in [0.05, 0.1) is 12.6 Å². The van der Waals surface area contributed by atoms with Gasteiger partial charge in [-0.3, -0.25) is 24.0 Å². The largest absolute Gasteiger partial charge is 0.364 e. The zero-order chi connectivity index (χ0) is 19.1. The van der Waals surface area contributed by atoms with E-state index in [4.69, 9.17) is 4.74 Å². The van der Waals surface area contributed by atoms with Crippen molar-refractivity contribution in [2.75, 3.05) is 13.1 Å². The summed E-state index contributed by atoms with van der Waals surface area (Å²) in [6, 6.07) is 4.06. The molecule has 1 unspecified atom stereocenters. The van der Waals surface area contributed by atoms with Crippen LogP contribution >= 0.6 is 0 Å². The summed E-state index contributed by atoms with van der Waals surface area (Å²) in [5, 5.41) is 4.52. The SMILES string of the molecule is O=c1c(=O)n2c(nn1C1CCCC1)COC1(CCN(Cc3cccnc3)C1)C2. The Hall–Kier alpha value is -2.32. The molecular weight excluding hydrogens is 358 g/mol. The highest BCUT2D eigenvalue weighted by Gasteiger charge is 2.43. The Morgan fingerprint density at radius 3 is 2.82 bits per heavy atom. The molecule has 1 saturated heterocycles. The highest BCUT2D eigenvalue weighted by molar-refractivity contribution is 5.10. The Bertz CT molecular complexity index is 980. The van der Waals surface area contributed by atoms with Gasteiger partial charge in [0.25, 0.3) is 0 Å². The van der Waals surface area contributed by atoms with E-state index in [1.807, 2.05) is 12.3 Å². The van der Waals surface area contributed by atoms with E-state index in [2.05, 4.69) is 21.0 Å². The maximum absolute atomic E-state index is 12.8. The molecule has 8 heteroatoms. The second-order valence-corrected chi connectivity index (χ2v) is 8.29. The number of hydrogen-bond acceptors (Lipinski definition) is 6. The van der Waals surface area contributed by atoms with Crippen molar-refractivity contribution in [3.63, 3.8) is 0 Å². The third kappa shape index (κ3) is 3.10. The Balaban J connectivity index is 1.37. The van der Waals surface area contributed by atoms with Gasteiger partial charge in [0.2, 0.25) is 0 Å². The van der Waals surface area contributed by atoms with Gasteiger partial charge in [0.1, 0.15) is 12.2 Å². The molecule has 2 aliphatic heterocycles. The molecule has 0 radical (unpaired) electrons.